The average Bonchev–Trinajstić information content (AvgIpc) is 3.63. The molecular formula is C36H71N7. The van der Waals surface area contributed by atoms with Crippen LogP contribution in [0.2, 0.25) is 0 Å². The maximum absolute atomic E-state index is 3.35. The minimum absolute atomic E-state index is 1.07. The highest BCUT2D eigenvalue weighted by atomic mass is 14.9. The minimum Gasteiger partial charge on any atom is -0.391 e. The van der Waals surface area contributed by atoms with E-state index in [9.17, 15) is 0 Å². The Bertz CT molecular complexity index is 549. The Kier molecular flexibility index (Phi) is 33.5. The van der Waals surface area contributed by atoms with E-state index in [4.69, 9.17) is 0 Å². The number of piperidine rings is 1. The van der Waals surface area contributed by atoms with Crippen LogP contribution < -0.4 is 31.9 Å². The second-order valence-electron chi connectivity index (χ2n) is 11.8. The number of aromatic nitrogens is 1. The van der Waals surface area contributed by atoms with Crippen molar-refractivity contribution in [2.75, 3.05) is 72.0 Å². The quantitative estimate of drug-likeness (QED) is 0.178. The van der Waals surface area contributed by atoms with Crippen LogP contribution in [0, 0.1) is 0 Å². The number of rotatable bonds is 0. The molecule has 43 heavy (non-hydrogen) atoms. The third-order valence-electron chi connectivity index (χ3n) is 7.66. The van der Waals surface area contributed by atoms with E-state index >= 15 is 0 Å². The van der Waals surface area contributed by atoms with Gasteiger partial charge in [0.25, 0.3) is 0 Å². The molecule has 7 nitrogen and oxygen atoms in total. The van der Waals surface area contributed by atoms with Gasteiger partial charge in [0.1, 0.15) is 0 Å². The van der Waals surface area contributed by atoms with Gasteiger partial charge >= 0.3 is 0 Å². The van der Waals surface area contributed by atoms with Crippen molar-refractivity contribution in [2.45, 2.75) is 109 Å². The van der Waals surface area contributed by atoms with Crippen LogP contribution in [0.15, 0.2) is 49.0 Å². The monoisotopic (exact) mass is 602 g/mol. The summed E-state index contributed by atoms with van der Waals surface area (Å²) in [6.45, 7) is 13.4. The number of nitrogens with one attached hydrogen (secondary N) is 7. The summed E-state index contributed by atoms with van der Waals surface area (Å²) in [4.78, 5) is 2.86. The molecule has 0 radical (unpaired) electrons. The second kappa shape index (κ2) is 36.6. The number of hydrogen-bond donors (Lipinski definition) is 7. The van der Waals surface area contributed by atoms with Gasteiger partial charge in [-0.25, -0.2) is 0 Å². The second-order valence-corrected chi connectivity index (χ2v) is 11.8. The molecule has 0 aromatic carbocycles. The lowest BCUT2D eigenvalue weighted by Gasteiger charge is -2.08. The first kappa shape index (κ1) is 39.4. The molecule has 0 spiro atoms. The summed E-state index contributed by atoms with van der Waals surface area (Å²) in [7, 11) is 0. The van der Waals surface area contributed by atoms with Gasteiger partial charge in [-0.3, -0.25) is 0 Å². The van der Waals surface area contributed by atoms with Crippen molar-refractivity contribution in [1.82, 2.24) is 36.9 Å². The maximum Gasteiger partial charge on any atom is 0.0144 e. The van der Waals surface area contributed by atoms with E-state index in [-0.39, 0.29) is 0 Å². The molecular weight excluding hydrogens is 530 g/mol. The molecule has 1 aromatic rings. The predicted molar refractivity (Wildman–Crippen MR) is 190 cm³/mol. The van der Waals surface area contributed by atoms with Crippen molar-refractivity contribution >= 4 is 0 Å². The van der Waals surface area contributed by atoms with Gasteiger partial charge in [0.15, 0.2) is 0 Å². The van der Waals surface area contributed by atoms with Gasteiger partial charge in [-0.05, 0) is 154 Å². The van der Waals surface area contributed by atoms with E-state index < -0.39 is 0 Å². The predicted octanol–water partition coefficient (Wildman–Crippen LogP) is 6.25. The lowest BCUT2D eigenvalue weighted by Crippen LogP contribution is -2.21. The fourth-order valence-electron chi connectivity index (χ4n) is 4.97. The molecule has 1 aromatic heterocycles. The summed E-state index contributed by atoms with van der Waals surface area (Å²) in [6, 6.07) is 3.89. The third-order valence-corrected chi connectivity index (χ3v) is 7.66. The zero-order valence-electron chi connectivity index (χ0n) is 27.9. The summed E-state index contributed by atoms with van der Waals surface area (Å²) >= 11 is 0. The lowest BCUT2D eigenvalue weighted by atomic mass is 10.2. The zero-order chi connectivity index (χ0) is 30.4. The molecule has 7 N–H and O–H groups in total. The van der Waals surface area contributed by atoms with E-state index in [1.165, 1.54) is 168 Å². The van der Waals surface area contributed by atoms with E-state index in [1.807, 2.05) is 30.7 Å². The zero-order valence-corrected chi connectivity index (χ0v) is 27.9. The van der Waals surface area contributed by atoms with Crippen molar-refractivity contribution in [3.63, 3.8) is 0 Å². The van der Waals surface area contributed by atoms with E-state index in [0.717, 1.165) is 13.1 Å². The molecule has 0 unspecified atom stereocenters. The normalized spacial score (nSPS) is 21.2. The van der Waals surface area contributed by atoms with Gasteiger partial charge in [0.05, 0.1) is 0 Å². The summed E-state index contributed by atoms with van der Waals surface area (Å²) < 4.78 is 0. The Morgan fingerprint density at radius 1 is 0.326 bits per heavy atom. The minimum atomic E-state index is 1.07. The molecule has 6 aliphatic rings. The molecule has 0 aliphatic carbocycles. The Labute approximate surface area is 266 Å². The van der Waals surface area contributed by atoms with Gasteiger partial charge in [-0.1, -0.05) is 50.3 Å². The highest BCUT2D eigenvalue weighted by Crippen LogP contribution is 2.01. The summed E-state index contributed by atoms with van der Waals surface area (Å²) in [5.74, 6) is 0. The van der Waals surface area contributed by atoms with Gasteiger partial charge < -0.3 is 36.9 Å². The maximum atomic E-state index is 3.35. The molecule has 4 fully saturated rings. The Balaban J connectivity index is 0.000000252. The number of H-pyrrole nitrogens is 1. The highest BCUT2D eigenvalue weighted by Gasteiger charge is 1.96. The number of allylic oxidation sites excluding steroid dienone is 2. The van der Waals surface area contributed by atoms with Crippen molar-refractivity contribution in [2.24, 2.45) is 0 Å². The first-order chi connectivity index (χ1) is 21.5. The Morgan fingerprint density at radius 3 is 1.05 bits per heavy atom. The molecule has 7 heterocycles. The standard InChI is InChI=1S/2C6H13N.C6H11N.C5H11N.C5H9N.C4H9N.C4H5N/c3*1-2-4-6-7-5-3-1;2*1-2-4-6-5-3-1;2*1-2-4-5-3-1/h2*7H,1-6H2;1,3,7H,2,4-6H2;6H,1-5H2;2,4,6H,1,3,5H2;5H,1-4H2;1-5H. The SMILES string of the molecule is C1=CCNCCC1.C1=CNCCC1.C1CCCNCC1.C1CCCNCC1.C1CCNC1.C1CCNCC1.c1cc[nH]c1. The van der Waals surface area contributed by atoms with Gasteiger partial charge in [0, 0.05) is 25.5 Å². The van der Waals surface area contributed by atoms with Crippen molar-refractivity contribution in [3.8, 4) is 0 Å². The van der Waals surface area contributed by atoms with Crippen LogP contribution in [-0.4, -0.2) is 77.0 Å². The van der Waals surface area contributed by atoms with Crippen LogP contribution in [0.4, 0.5) is 0 Å². The van der Waals surface area contributed by atoms with Crippen LogP contribution in [0.5, 0.6) is 0 Å². The van der Waals surface area contributed by atoms with Gasteiger partial charge in [0.2, 0.25) is 0 Å². The number of hydrogen-bond acceptors (Lipinski definition) is 6. The van der Waals surface area contributed by atoms with E-state index in [1.54, 1.807) is 0 Å². The molecule has 0 bridgehead atoms. The summed E-state index contributed by atoms with van der Waals surface area (Å²) in [5.41, 5.74) is 0. The van der Waals surface area contributed by atoms with Crippen molar-refractivity contribution < 1.29 is 0 Å². The third kappa shape index (κ3) is 34.7. The molecule has 0 saturated carbocycles. The van der Waals surface area contributed by atoms with Crippen molar-refractivity contribution in [3.05, 3.63) is 49.0 Å². The molecule has 7 rings (SSSR count). The first-order valence-corrected chi connectivity index (χ1v) is 18.1. The van der Waals surface area contributed by atoms with Crippen LogP contribution >= 0.6 is 0 Å². The fourth-order valence-corrected chi connectivity index (χ4v) is 4.97. The van der Waals surface area contributed by atoms with E-state index in [2.05, 4.69) is 55.1 Å². The van der Waals surface area contributed by atoms with Crippen molar-refractivity contribution in [1.29, 1.82) is 0 Å². The van der Waals surface area contributed by atoms with Crippen LogP contribution in [0.3, 0.4) is 0 Å². The molecule has 6 aliphatic heterocycles. The highest BCUT2D eigenvalue weighted by molar-refractivity contribution is 4.86. The average molecular weight is 602 g/mol. The molecule has 4 saturated heterocycles. The molecule has 7 heteroatoms. The van der Waals surface area contributed by atoms with E-state index in [0.29, 0.717) is 0 Å². The van der Waals surface area contributed by atoms with Crippen LogP contribution in [0.25, 0.3) is 0 Å². The molecule has 0 atom stereocenters. The van der Waals surface area contributed by atoms with Gasteiger partial charge in [-0.15, -0.1) is 0 Å². The largest absolute Gasteiger partial charge is 0.391 e. The Morgan fingerprint density at radius 2 is 0.721 bits per heavy atom. The van der Waals surface area contributed by atoms with Crippen LogP contribution in [0.1, 0.15) is 109 Å². The molecule has 0 amide bonds. The Hall–Kier alpha value is -1.64. The summed E-state index contributed by atoms with van der Waals surface area (Å²) in [6.07, 6.45) is 35.8. The van der Waals surface area contributed by atoms with Crippen LogP contribution in [-0.2, 0) is 0 Å². The molecule has 250 valence electrons. The smallest absolute Gasteiger partial charge is 0.0144 e. The topological polar surface area (TPSA) is 88.0 Å². The fraction of sp³-hybridized carbons (Fsp3) is 0.778. The first-order valence-electron chi connectivity index (χ1n) is 18.1. The number of aromatic amines is 1. The van der Waals surface area contributed by atoms with Gasteiger partial charge in [-0.2, -0.15) is 0 Å². The lowest BCUT2D eigenvalue weighted by molar-refractivity contribution is 0.520. The summed E-state index contributed by atoms with van der Waals surface area (Å²) in [5, 5.41) is 19.6.